The van der Waals surface area contributed by atoms with Crippen LogP contribution in [-0.2, 0) is 14.3 Å². The van der Waals surface area contributed by atoms with Gasteiger partial charge in [-0.2, -0.15) is 0 Å². The first kappa shape index (κ1) is 18.3. The Bertz CT molecular complexity index is 675. The highest BCUT2D eigenvalue weighted by Gasteiger charge is 2.35. The molecule has 146 valence electrons. The van der Waals surface area contributed by atoms with Crippen molar-refractivity contribution in [2.45, 2.75) is 44.6 Å². The third-order valence-corrected chi connectivity index (χ3v) is 5.67. The van der Waals surface area contributed by atoms with E-state index in [0.717, 1.165) is 56.6 Å². The van der Waals surface area contributed by atoms with Crippen LogP contribution in [0.4, 0.5) is 5.69 Å². The Morgan fingerprint density at radius 2 is 1.93 bits per heavy atom. The molecule has 2 saturated heterocycles. The molecular formula is C21H28N2O4. The molecule has 0 aromatic heterocycles. The van der Waals surface area contributed by atoms with Crippen LogP contribution in [0.2, 0.25) is 0 Å². The third kappa shape index (κ3) is 4.80. The lowest BCUT2D eigenvalue weighted by atomic mass is 9.95. The Hall–Kier alpha value is -2.08. The molecule has 0 spiro atoms. The summed E-state index contributed by atoms with van der Waals surface area (Å²) in [6.07, 6.45) is 5.84. The van der Waals surface area contributed by atoms with Gasteiger partial charge in [-0.05, 0) is 50.7 Å². The molecule has 3 fully saturated rings. The summed E-state index contributed by atoms with van der Waals surface area (Å²) in [7, 11) is 0. The Balaban J connectivity index is 1.25. The number of rotatable bonds is 6. The molecule has 1 N–H and O–H groups in total. The Morgan fingerprint density at radius 3 is 2.63 bits per heavy atom. The minimum atomic E-state index is -0.0373. The van der Waals surface area contributed by atoms with Gasteiger partial charge in [0, 0.05) is 43.3 Å². The van der Waals surface area contributed by atoms with Crippen molar-refractivity contribution in [1.29, 1.82) is 0 Å². The van der Waals surface area contributed by atoms with Crippen LogP contribution in [-0.4, -0.2) is 49.1 Å². The summed E-state index contributed by atoms with van der Waals surface area (Å²) in [5.41, 5.74) is 0.751. The Morgan fingerprint density at radius 1 is 1.11 bits per heavy atom. The molecule has 2 amide bonds. The van der Waals surface area contributed by atoms with Crippen molar-refractivity contribution in [3.63, 3.8) is 0 Å². The number of hydrogen-bond donors (Lipinski definition) is 1. The number of benzene rings is 1. The smallest absolute Gasteiger partial charge is 0.227 e. The summed E-state index contributed by atoms with van der Waals surface area (Å²) < 4.78 is 11.4. The van der Waals surface area contributed by atoms with Crippen LogP contribution in [0.1, 0.15) is 38.5 Å². The highest BCUT2D eigenvalue weighted by atomic mass is 16.5. The van der Waals surface area contributed by atoms with Gasteiger partial charge in [-0.25, -0.2) is 0 Å². The van der Waals surface area contributed by atoms with Crippen LogP contribution < -0.4 is 10.1 Å². The van der Waals surface area contributed by atoms with Crippen molar-refractivity contribution in [1.82, 2.24) is 4.90 Å². The number of ether oxygens (including phenoxy) is 2. The molecule has 2 heterocycles. The van der Waals surface area contributed by atoms with E-state index in [2.05, 4.69) is 5.32 Å². The van der Waals surface area contributed by atoms with E-state index in [-0.39, 0.29) is 29.8 Å². The summed E-state index contributed by atoms with van der Waals surface area (Å²) in [5.74, 6) is 1.28. The molecule has 0 unspecified atom stereocenters. The number of anilines is 1. The fourth-order valence-electron chi connectivity index (χ4n) is 3.82. The first-order valence-corrected chi connectivity index (χ1v) is 10.1. The van der Waals surface area contributed by atoms with Gasteiger partial charge in [-0.3, -0.25) is 9.59 Å². The van der Waals surface area contributed by atoms with Gasteiger partial charge in [0.1, 0.15) is 12.4 Å². The second-order valence-electron chi connectivity index (χ2n) is 7.84. The first-order chi connectivity index (χ1) is 13.2. The fraction of sp³-hybridized carbons (Fsp3) is 0.619. The molecule has 0 radical (unpaired) electrons. The predicted molar refractivity (Wildman–Crippen MR) is 102 cm³/mol. The predicted octanol–water partition coefficient (Wildman–Crippen LogP) is 2.83. The van der Waals surface area contributed by atoms with Crippen molar-refractivity contribution in [2.75, 3.05) is 31.6 Å². The van der Waals surface area contributed by atoms with Crippen LogP contribution in [0, 0.1) is 11.8 Å². The topological polar surface area (TPSA) is 67.9 Å². The van der Waals surface area contributed by atoms with E-state index in [1.807, 2.05) is 29.2 Å². The van der Waals surface area contributed by atoms with Gasteiger partial charge in [-0.15, -0.1) is 0 Å². The van der Waals surface area contributed by atoms with Crippen LogP contribution in [0.15, 0.2) is 24.3 Å². The van der Waals surface area contributed by atoms with Gasteiger partial charge in [-0.1, -0.05) is 6.07 Å². The summed E-state index contributed by atoms with van der Waals surface area (Å²) in [6, 6.07) is 7.52. The molecule has 0 bridgehead atoms. The van der Waals surface area contributed by atoms with Crippen molar-refractivity contribution >= 4 is 17.5 Å². The highest BCUT2D eigenvalue weighted by molar-refractivity contribution is 5.93. The average molecular weight is 372 g/mol. The van der Waals surface area contributed by atoms with E-state index < -0.39 is 0 Å². The van der Waals surface area contributed by atoms with Crippen molar-refractivity contribution in [3.05, 3.63) is 24.3 Å². The summed E-state index contributed by atoms with van der Waals surface area (Å²) in [5, 5.41) is 3.01. The van der Waals surface area contributed by atoms with Crippen molar-refractivity contribution in [2.24, 2.45) is 11.8 Å². The van der Waals surface area contributed by atoms with Gasteiger partial charge >= 0.3 is 0 Å². The monoisotopic (exact) mass is 372 g/mol. The molecule has 2 aliphatic heterocycles. The second-order valence-corrected chi connectivity index (χ2v) is 7.84. The van der Waals surface area contributed by atoms with E-state index in [0.29, 0.717) is 19.7 Å². The standard InChI is InChI=1S/C21H28N2O4/c24-20(15-8-10-23(11-9-15)21(25)16-6-7-16)22-17-3-1-4-18(13-17)27-14-19-5-2-12-26-19/h1,3-4,13,15-16,19H,2,5-12,14H2,(H,22,24)/t19-/m1/s1. The van der Waals surface area contributed by atoms with Gasteiger partial charge < -0.3 is 19.7 Å². The first-order valence-electron chi connectivity index (χ1n) is 10.1. The second kappa shape index (κ2) is 8.30. The third-order valence-electron chi connectivity index (χ3n) is 5.67. The quantitative estimate of drug-likeness (QED) is 0.834. The van der Waals surface area contributed by atoms with E-state index in [4.69, 9.17) is 9.47 Å². The maximum atomic E-state index is 12.6. The van der Waals surface area contributed by atoms with E-state index in [1.165, 1.54) is 0 Å². The molecule has 6 nitrogen and oxygen atoms in total. The number of likely N-dealkylation sites (tertiary alicyclic amines) is 1. The lowest BCUT2D eigenvalue weighted by Crippen LogP contribution is -2.42. The number of hydrogen-bond acceptors (Lipinski definition) is 4. The molecule has 1 saturated carbocycles. The fourth-order valence-corrected chi connectivity index (χ4v) is 3.82. The number of amides is 2. The highest BCUT2D eigenvalue weighted by Crippen LogP contribution is 2.32. The average Bonchev–Trinajstić information content (AvgIpc) is 3.42. The van der Waals surface area contributed by atoms with E-state index in [9.17, 15) is 9.59 Å². The van der Waals surface area contributed by atoms with Gasteiger partial charge in [0.25, 0.3) is 0 Å². The minimum Gasteiger partial charge on any atom is -0.491 e. The number of piperidine rings is 1. The maximum absolute atomic E-state index is 12.6. The number of nitrogens with zero attached hydrogens (tertiary/aromatic N) is 1. The molecule has 1 aromatic carbocycles. The van der Waals surface area contributed by atoms with Gasteiger partial charge in [0.05, 0.1) is 6.10 Å². The SMILES string of the molecule is O=C(Nc1cccc(OC[C@H]2CCCO2)c1)C1CCN(C(=O)C2CC2)CC1. The molecule has 4 rings (SSSR count). The van der Waals surface area contributed by atoms with E-state index in [1.54, 1.807) is 0 Å². The zero-order valence-electron chi connectivity index (χ0n) is 15.7. The van der Waals surface area contributed by atoms with Gasteiger partial charge in [0.2, 0.25) is 11.8 Å². The molecular weight excluding hydrogens is 344 g/mol. The minimum absolute atomic E-state index is 0.0322. The normalized spacial score (nSPS) is 23.3. The largest absolute Gasteiger partial charge is 0.491 e. The lowest BCUT2D eigenvalue weighted by molar-refractivity contribution is -0.135. The van der Waals surface area contributed by atoms with Crippen LogP contribution in [0.5, 0.6) is 5.75 Å². The zero-order chi connectivity index (χ0) is 18.6. The number of carbonyl (C=O) groups is 2. The molecule has 1 aliphatic carbocycles. The zero-order valence-corrected chi connectivity index (χ0v) is 15.7. The van der Waals surface area contributed by atoms with Crippen molar-refractivity contribution < 1.29 is 19.1 Å². The summed E-state index contributed by atoms with van der Waals surface area (Å²) in [4.78, 5) is 26.6. The number of nitrogens with one attached hydrogen (secondary N) is 1. The van der Waals surface area contributed by atoms with Crippen LogP contribution in [0.25, 0.3) is 0 Å². The van der Waals surface area contributed by atoms with Gasteiger partial charge in [0.15, 0.2) is 0 Å². The maximum Gasteiger partial charge on any atom is 0.227 e. The van der Waals surface area contributed by atoms with Crippen LogP contribution >= 0.6 is 0 Å². The lowest BCUT2D eigenvalue weighted by Gasteiger charge is -2.31. The summed E-state index contributed by atoms with van der Waals surface area (Å²) in [6.45, 7) is 2.75. The van der Waals surface area contributed by atoms with Crippen LogP contribution in [0.3, 0.4) is 0 Å². The summed E-state index contributed by atoms with van der Waals surface area (Å²) >= 11 is 0. The molecule has 6 heteroatoms. The molecule has 3 aliphatic rings. The molecule has 1 aromatic rings. The van der Waals surface area contributed by atoms with Crippen molar-refractivity contribution in [3.8, 4) is 5.75 Å². The Labute approximate surface area is 160 Å². The number of carbonyl (C=O) groups excluding carboxylic acids is 2. The molecule has 27 heavy (non-hydrogen) atoms. The Kier molecular flexibility index (Phi) is 5.62. The molecule has 1 atom stereocenters. The van der Waals surface area contributed by atoms with E-state index >= 15 is 0 Å².